The van der Waals surface area contributed by atoms with Crippen LogP contribution in [-0.2, 0) is 6.42 Å². The van der Waals surface area contributed by atoms with Crippen LogP contribution in [0.1, 0.15) is 44.3 Å². The summed E-state index contributed by atoms with van der Waals surface area (Å²) in [5.41, 5.74) is 0. The molecular formula is C12H21N3O. The molecule has 1 aliphatic rings. The second-order valence-electron chi connectivity index (χ2n) is 4.90. The van der Waals surface area contributed by atoms with Gasteiger partial charge in [-0.05, 0) is 18.8 Å². The maximum atomic E-state index is 4.94. The average Bonchev–Trinajstić information content (AvgIpc) is 2.64. The van der Waals surface area contributed by atoms with E-state index < -0.39 is 0 Å². The molecule has 4 nitrogen and oxygen atoms in total. The Morgan fingerprint density at radius 3 is 3.00 bits per heavy atom. The predicted molar refractivity (Wildman–Crippen MR) is 62.2 cm³/mol. The predicted octanol–water partition coefficient (Wildman–Crippen LogP) is 2.09. The molecule has 1 aliphatic carbocycles. The van der Waals surface area contributed by atoms with Gasteiger partial charge in [0.2, 0.25) is 5.89 Å². The Hall–Kier alpha value is -0.900. The molecule has 0 radical (unpaired) electrons. The van der Waals surface area contributed by atoms with Gasteiger partial charge in [-0.1, -0.05) is 24.9 Å². The number of hydrogen-bond donors (Lipinski definition) is 1. The highest BCUT2D eigenvalue weighted by Crippen LogP contribution is 2.23. The molecule has 2 unspecified atom stereocenters. The van der Waals surface area contributed by atoms with E-state index in [0.717, 1.165) is 24.7 Å². The smallest absolute Gasteiger partial charge is 0.223 e. The molecule has 4 heteroatoms. The summed E-state index contributed by atoms with van der Waals surface area (Å²) < 4.78 is 4.94. The normalized spacial score (nSPS) is 25.9. The molecule has 1 aromatic heterocycles. The molecule has 1 fully saturated rings. The van der Waals surface area contributed by atoms with Crippen LogP contribution in [0.2, 0.25) is 0 Å². The van der Waals surface area contributed by atoms with Gasteiger partial charge in [0.1, 0.15) is 0 Å². The van der Waals surface area contributed by atoms with Crippen LogP contribution in [-0.4, -0.2) is 22.7 Å². The van der Waals surface area contributed by atoms with Crippen LogP contribution in [0.5, 0.6) is 0 Å². The van der Waals surface area contributed by atoms with Crippen molar-refractivity contribution in [3.05, 3.63) is 11.7 Å². The van der Waals surface area contributed by atoms with Crippen molar-refractivity contribution in [2.24, 2.45) is 5.92 Å². The number of nitrogens with zero attached hydrogens (tertiary/aromatic N) is 2. The van der Waals surface area contributed by atoms with Gasteiger partial charge in [-0.15, -0.1) is 0 Å². The Labute approximate surface area is 96.8 Å². The molecule has 0 aromatic carbocycles. The van der Waals surface area contributed by atoms with Gasteiger partial charge in [0.15, 0.2) is 5.82 Å². The zero-order valence-corrected chi connectivity index (χ0v) is 10.2. The molecule has 0 saturated heterocycles. The van der Waals surface area contributed by atoms with Gasteiger partial charge < -0.3 is 9.84 Å². The Bertz CT molecular complexity index is 324. The van der Waals surface area contributed by atoms with Crippen LogP contribution in [0.4, 0.5) is 0 Å². The molecule has 1 heterocycles. The summed E-state index contributed by atoms with van der Waals surface area (Å²) in [7, 11) is 0. The van der Waals surface area contributed by atoms with Gasteiger partial charge in [0.05, 0.1) is 0 Å². The SMILES string of the molecule is Cc1nc(CCNC2CCCC(C)C2)no1. The summed E-state index contributed by atoms with van der Waals surface area (Å²) in [5, 5.41) is 7.48. The van der Waals surface area contributed by atoms with E-state index >= 15 is 0 Å². The average molecular weight is 223 g/mol. The molecule has 1 saturated carbocycles. The van der Waals surface area contributed by atoms with Crippen molar-refractivity contribution in [3.63, 3.8) is 0 Å². The topological polar surface area (TPSA) is 51.0 Å². The molecule has 2 rings (SSSR count). The lowest BCUT2D eigenvalue weighted by atomic mass is 9.87. The van der Waals surface area contributed by atoms with Gasteiger partial charge in [-0.2, -0.15) is 4.98 Å². The Morgan fingerprint density at radius 1 is 1.44 bits per heavy atom. The minimum absolute atomic E-state index is 0.654. The highest BCUT2D eigenvalue weighted by molar-refractivity contribution is 4.85. The third-order valence-corrected chi connectivity index (χ3v) is 3.29. The van der Waals surface area contributed by atoms with Gasteiger partial charge in [0.25, 0.3) is 0 Å². The van der Waals surface area contributed by atoms with Crippen molar-refractivity contribution in [1.29, 1.82) is 0 Å². The fourth-order valence-electron chi connectivity index (χ4n) is 2.45. The first-order valence-corrected chi connectivity index (χ1v) is 6.26. The van der Waals surface area contributed by atoms with E-state index in [2.05, 4.69) is 22.4 Å². The highest BCUT2D eigenvalue weighted by Gasteiger charge is 2.17. The molecule has 90 valence electrons. The molecule has 16 heavy (non-hydrogen) atoms. The van der Waals surface area contributed by atoms with Crippen molar-refractivity contribution >= 4 is 0 Å². The summed E-state index contributed by atoms with van der Waals surface area (Å²) in [5.74, 6) is 2.34. The Balaban J connectivity index is 1.67. The van der Waals surface area contributed by atoms with Crippen molar-refractivity contribution in [1.82, 2.24) is 15.5 Å². The summed E-state index contributed by atoms with van der Waals surface area (Å²) in [6, 6.07) is 0.691. The summed E-state index contributed by atoms with van der Waals surface area (Å²) in [6.07, 6.45) is 6.24. The molecular weight excluding hydrogens is 202 g/mol. The minimum Gasteiger partial charge on any atom is -0.340 e. The van der Waals surface area contributed by atoms with Gasteiger partial charge in [0, 0.05) is 25.9 Å². The van der Waals surface area contributed by atoms with Crippen LogP contribution in [0.15, 0.2) is 4.52 Å². The summed E-state index contributed by atoms with van der Waals surface area (Å²) >= 11 is 0. The summed E-state index contributed by atoms with van der Waals surface area (Å²) in [6.45, 7) is 5.12. The fraction of sp³-hybridized carbons (Fsp3) is 0.833. The second kappa shape index (κ2) is 5.43. The lowest BCUT2D eigenvalue weighted by Crippen LogP contribution is -2.34. The van der Waals surface area contributed by atoms with Crippen LogP contribution in [0.25, 0.3) is 0 Å². The van der Waals surface area contributed by atoms with E-state index in [4.69, 9.17) is 4.52 Å². The first-order chi connectivity index (χ1) is 7.74. The number of rotatable bonds is 4. The molecule has 0 spiro atoms. The molecule has 0 amide bonds. The quantitative estimate of drug-likeness (QED) is 0.849. The van der Waals surface area contributed by atoms with Crippen LogP contribution >= 0.6 is 0 Å². The fourth-order valence-corrected chi connectivity index (χ4v) is 2.45. The highest BCUT2D eigenvalue weighted by atomic mass is 16.5. The number of hydrogen-bond acceptors (Lipinski definition) is 4. The second-order valence-corrected chi connectivity index (χ2v) is 4.90. The molecule has 1 N–H and O–H groups in total. The molecule has 0 aliphatic heterocycles. The largest absolute Gasteiger partial charge is 0.340 e. The van der Waals surface area contributed by atoms with Crippen molar-refractivity contribution in [2.45, 2.75) is 52.0 Å². The third kappa shape index (κ3) is 3.30. The van der Waals surface area contributed by atoms with E-state index in [1.807, 2.05) is 6.92 Å². The summed E-state index contributed by atoms with van der Waals surface area (Å²) in [4.78, 5) is 4.19. The first-order valence-electron chi connectivity index (χ1n) is 6.26. The van der Waals surface area contributed by atoms with Gasteiger partial charge in [-0.25, -0.2) is 0 Å². The van der Waals surface area contributed by atoms with E-state index in [-0.39, 0.29) is 0 Å². The third-order valence-electron chi connectivity index (χ3n) is 3.29. The minimum atomic E-state index is 0.654. The molecule has 1 aromatic rings. The Kier molecular flexibility index (Phi) is 3.93. The van der Waals surface area contributed by atoms with E-state index in [1.165, 1.54) is 25.7 Å². The lowest BCUT2D eigenvalue weighted by Gasteiger charge is -2.27. The standard InChI is InChI=1S/C12H21N3O/c1-9-4-3-5-11(8-9)13-7-6-12-14-10(2)16-15-12/h9,11,13H,3-8H2,1-2H3. The first kappa shape index (κ1) is 11.6. The van der Waals surface area contributed by atoms with Crippen molar-refractivity contribution in [2.75, 3.05) is 6.54 Å². The van der Waals surface area contributed by atoms with Gasteiger partial charge >= 0.3 is 0 Å². The molecule has 0 bridgehead atoms. The zero-order chi connectivity index (χ0) is 11.4. The lowest BCUT2D eigenvalue weighted by molar-refractivity contribution is 0.302. The maximum absolute atomic E-state index is 4.94. The molecule has 2 atom stereocenters. The Morgan fingerprint density at radius 2 is 2.31 bits per heavy atom. The van der Waals surface area contributed by atoms with Crippen LogP contribution < -0.4 is 5.32 Å². The van der Waals surface area contributed by atoms with Crippen LogP contribution in [0.3, 0.4) is 0 Å². The number of aromatic nitrogens is 2. The van der Waals surface area contributed by atoms with Gasteiger partial charge in [-0.3, -0.25) is 0 Å². The monoisotopic (exact) mass is 223 g/mol. The van der Waals surface area contributed by atoms with E-state index in [1.54, 1.807) is 0 Å². The van der Waals surface area contributed by atoms with E-state index in [0.29, 0.717) is 11.9 Å². The maximum Gasteiger partial charge on any atom is 0.223 e. The van der Waals surface area contributed by atoms with Crippen molar-refractivity contribution < 1.29 is 4.52 Å². The van der Waals surface area contributed by atoms with Crippen molar-refractivity contribution in [3.8, 4) is 0 Å². The van der Waals surface area contributed by atoms with Crippen LogP contribution in [0, 0.1) is 12.8 Å². The number of aryl methyl sites for hydroxylation is 1. The van der Waals surface area contributed by atoms with E-state index in [9.17, 15) is 0 Å². The number of nitrogens with one attached hydrogen (secondary N) is 1. The zero-order valence-electron chi connectivity index (χ0n) is 10.2.